The third-order valence-corrected chi connectivity index (χ3v) is 4.34. The maximum absolute atomic E-state index is 11.9. The molecule has 1 aliphatic rings. The molecule has 1 aromatic carbocycles. The van der Waals surface area contributed by atoms with E-state index in [4.69, 9.17) is 0 Å². The number of hydrogen-bond acceptors (Lipinski definition) is 2. The van der Waals surface area contributed by atoms with E-state index in [1.165, 1.54) is 11.1 Å². The van der Waals surface area contributed by atoms with Gasteiger partial charge in [-0.1, -0.05) is 31.2 Å². The Morgan fingerprint density at radius 3 is 2.43 bits per heavy atom. The predicted octanol–water partition coefficient (Wildman–Crippen LogP) is 2.25. The number of nitrogens with one attached hydrogen (secondary N) is 2. The Kier molecular flexibility index (Phi) is 5.23. The first-order valence-electron chi connectivity index (χ1n) is 7.82. The molecule has 0 heterocycles. The van der Waals surface area contributed by atoms with Gasteiger partial charge in [-0.25, -0.2) is 4.79 Å². The summed E-state index contributed by atoms with van der Waals surface area (Å²) in [4.78, 5) is 11.9. The fraction of sp³-hybridized carbons (Fsp3) is 0.588. The number of aliphatic hydroxyl groups is 1. The summed E-state index contributed by atoms with van der Waals surface area (Å²) < 4.78 is 0. The second-order valence-electron chi connectivity index (χ2n) is 6.15. The third-order valence-electron chi connectivity index (χ3n) is 4.34. The topological polar surface area (TPSA) is 61.4 Å². The lowest BCUT2D eigenvalue weighted by molar-refractivity contribution is 0.155. The first-order chi connectivity index (χ1) is 10.1. The lowest BCUT2D eigenvalue weighted by Gasteiger charge is -2.28. The van der Waals surface area contributed by atoms with Crippen molar-refractivity contribution in [2.24, 2.45) is 5.92 Å². The molecule has 116 valence electrons. The third kappa shape index (κ3) is 4.46. The molecule has 0 aliphatic heterocycles. The highest BCUT2D eigenvalue weighted by Gasteiger charge is 2.42. The maximum Gasteiger partial charge on any atom is 0.315 e. The average Bonchev–Trinajstić information content (AvgIpc) is 3.33. The van der Waals surface area contributed by atoms with Crippen LogP contribution in [0.4, 0.5) is 4.79 Å². The summed E-state index contributed by atoms with van der Waals surface area (Å²) in [5.41, 5.74) is 2.07. The predicted molar refractivity (Wildman–Crippen MR) is 84.3 cm³/mol. The van der Waals surface area contributed by atoms with Gasteiger partial charge in [0.25, 0.3) is 0 Å². The van der Waals surface area contributed by atoms with E-state index < -0.39 is 5.54 Å². The first kappa shape index (κ1) is 15.8. The van der Waals surface area contributed by atoms with Gasteiger partial charge in [0, 0.05) is 6.54 Å². The molecular formula is C17H26N2O2. The van der Waals surface area contributed by atoms with Crippen molar-refractivity contribution in [1.29, 1.82) is 0 Å². The average molecular weight is 290 g/mol. The molecule has 0 saturated heterocycles. The van der Waals surface area contributed by atoms with Gasteiger partial charge in [0.15, 0.2) is 0 Å². The van der Waals surface area contributed by atoms with E-state index >= 15 is 0 Å². The summed E-state index contributed by atoms with van der Waals surface area (Å²) in [6.07, 6.45) is 4.03. The summed E-state index contributed by atoms with van der Waals surface area (Å²) in [6, 6.07) is 8.29. The van der Waals surface area contributed by atoms with Crippen molar-refractivity contribution in [3.05, 3.63) is 35.4 Å². The second-order valence-corrected chi connectivity index (χ2v) is 6.15. The number of aryl methyl sites for hydroxylation is 1. The van der Waals surface area contributed by atoms with Crippen LogP contribution in [0.3, 0.4) is 0 Å². The number of urea groups is 1. The highest BCUT2D eigenvalue weighted by Crippen LogP contribution is 2.39. The Bertz CT molecular complexity index is 468. The highest BCUT2D eigenvalue weighted by atomic mass is 16.3. The molecule has 2 amide bonds. The van der Waals surface area contributed by atoms with Crippen LogP contribution in [0.1, 0.15) is 37.8 Å². The molecule has 0 spiro atoms. The van der Waals surface area contributed by atoms with Crippen molar-refractivity contribution in [2.75, 3.05) is 13.2 Å². The Labute approximate surface area is 126 Å². The van der Waals surface area contributed by atoms with Crippen LogP contribution in [0.25, 0.3) is 0 Å². The fourth-order valence-corrected chi connectivity index (χ4v) is 2.56. The Balaban J connectivity index is 1.73. The van der Waals surface area contributed by atoms with Crippen molar-refractivity contribution < 1.29 is 9.90 Å². The number of carbonyl (C=O) groups excluding carboxylic acids is 1. The molecule has 0 radical (unpaired) electrons. The lowest BCUT2D eigenvalue weighted by Crippen LogP contribution is -2.54. The molecule has 1 fully saturated rings. The van der Waals surface area contributed by atoms with Crippen molar-refractivity contribution >= 4 is 6.03 Å². The zero-order valence-electron chi connectivity index (χ0n) is 13.0. The molecule has 3 N–H and O–H groups in total. The zero-order valence-corrected chi connectivity index (χ0v) is 13.0. The molecule has 1 unspecified atom stereocenters. The number of aliphatic hydroxyl groups excluding tert-OH is 1. The van der Waals surface area contributed by atoms with Crippen LogP contribution in [-0.4, -0.2) is 29.8 Å². The molecule has 1 saturated carbocycles. The van der Waals surface area contributed by atoms with Crippen LogP contribution in [-0.2, 0) is 12.8 Å². The van der Waals surface area contributed by atoms with Crippen molar-refractivity contribution in [1.82, 2.24) is 10.6 Å². The largest absolute Gasteiger partial charge is 0.394 e. The summed E-state index contributed by atoms with van der Waals surface area (Å²) >= 11 is 0. The quantitative estimate of drug-likeness (QED) is 0.721. The van der Waals surface area contributed by atoms with Crippen molar-refractivity contribution in [3.63, 3.8) is 0 Å². The Morgan fingerprint density at radius 1 is 1.29 bits per heavy atom. The van der Waals surface area contributed by atoms with Gasteiger partial charge in [0.1, 0.15) is 0 Å². The normalized spacial score (nSPS) is 17.1. The standard InChI is InChI=1S/C17H26N2O2/c1-3-13-4-6-14(7-5-13)10-11-18-16(21)19-17(2,12-20)15-8-9-15/h4-7,15,20H,3,8-12H2,1-2H3,(H2,18,19,21). The molecule has 1 aliphatic carbocycles. The van der Waals surface area contributed by atoms with Gasteiger partial charge in [-0.15, -0.1) is 0 Å². The van der Waals surface area contributed by atoms with Gasteiger partial charge in [-0.3, -0.25) is 0 Å². The Hall–Kier alpha value is -1.55. The van der Waals surface area contributed by atoms with Crippen molar-refractivity contribution in [3.8, 4) is 0 Å². The number of amides is 2. The minimum atomic E-state index is -0.479. The van der Waals surface area contributed by atoms with Crippen LogP contribution in [0.15, 0.2) is 24.3 Å². The fourth-order valence-electron chi connectivity index (χ4n) is 2.56. The number of hydrogen-bond donors (Lipinski definition) is 3. The van der Waals surface area contributed by atoms with Gasteiger partial charge >= 0.3 is 6.03 Å². The van der Waals surface area contributed by atoms with E-state index in [2.05, 4.69) is 41.8 Å². The number of rotatable bonds is 7. The van der Waals surface area contributed by atoms with Gasteiger partial charge in [0.2, 0.25) is 0 Å². The van der Waals surface area contributed by atoms with Crippen molar-refractivity contribution in [2.45, 2.75) is 45.1 Å². The van der Waals surface area contributed by atoms with Crippen LogP contribution in [0, 0.1) is 5.92 Å². The van der Waals surface area contributed by atoms with Crippen LogP contribution >= 0.6 is 0 Å². The van der Waals surface area contributed by atoms with Crippen LogP contribution in [0.5, 0.6) is 0 Å². The van der Waals surface area contributed by atoms with Gasteiger partial charge in [-0.2, -0.15) is 0 Å². The summed E-state index contributed by atoms with van der Waals surface area (Å²) in [6.45, 7) is 4.64. The molecule has 4 nitrogen and oxygen atoms in total. The summed E-state index contributed by atoms with van der Waals surface area (Å²) in [7, 11) is 0. The van der Waals surface area contributed by atoms with Gasteiger partial charge in [0.05, 0.1) is 12.1 Å². The summed E-state index contributed by atoms with van der Waals surface area (Å²) in [5, 5.41) is 15.2. The van der Waals surface area contributed by atoms with E-state index in [-0.39, 0.29) is 12.6 Å². The number of benzene rings is 1. The highest BCUT2D eigenvalue weighted by molar-refractivity contribution is 5.74. The van der Waals surface area contributed by atoms with E-state index in [0.717, 1.165) is 25.7 Å². The number of carbonyl (C=O) groups is 1. The minimum absolute atomic E-state index is 0.0104. The molecule has 0 aromatic heterocycles. The first-order valence-corrected chi connectivity index (χ1v) is 7.82. The molecule has 21 heavy (non-hydrogen) atoms. The smallest absolute Gasteiger partial charge is 0.315 e. The van der Waals surface area contributed by atoms with E-state index in [1.807, 2.05) is 6.92 Å². The summed E-state index contributed by atoms with van der Waals surface area (Å²) in [5.74, 6) is 0.412. The second kappa shape index (κ2) is 6.94. The maximum atomic E-state index is 11.9. The SMILES string of the molecule is CCc1ccc(CCNC(=O)NC(C)(CO)C2CC2)cc1. The molecule has 1 aromatic rings. The minimum Gasteiger partial charge on any atom is -0.394 e. The molecule has 2 rings (SSSR count). The van der Waals surface area contributed by atoms with Gasteiger partial charge in [-0.05, 0) is 49.7 Å². The van der Waals surface area contributed by atoms with E-state index in [9.17, 15) is 9.90 Å². The molecule has 4 heteroatoms. The zero-order chi connectivity index (χ0) is 15.3. The molecular weight excluding hydrogens is 264 g/mol. The lowest BCUT2D eigenvalue weighted by atomic mass is 9.97. The Morgan fingerprint density at radius 2 is 1.90 bits per heavy atom. The van der Waals surface area contributed by atoms with Crippen LogP contribution < -0.4 is 10.6 Å². The monoisotopic (exact) mass is 290 g/mol. The molecule has 1 atom stereocenters. The van der Waals surface area contributed by atoms with E-state index in [1.54, 1.807) is 0 Å². The molecule has 0 bridgehead atoms. The van der Waals surface area contributed by atoms with E-state index in [0.29, 0.717) is 12.5 Å². The van der Waals surface area contributed by atoms with Crippen LogP contribution in [0.2, 0.25) is 0 Å². The van der Waals surface area contributed by atoms with Gasteiger partial charge < -0.3 is 15.7 Å².